The van der Waals surface area contributed by atoms with E-state index in [0.717, 1.165) is 51.1 Å². The second-order valence-electron chi connectivity index (χ2n) is 6.00. The highest BCUT2D eigenvalue weighted by Crippen LogP contribution is 2.23. The Hall–Kier alpha value is -2.18. The van der Waals surface area contributed by atoms with Gasteiger partial charge in [-0.3, -0.25) is 9.48 Å². The third-order valence-corrected chi connectivity index (χ3v) is 4.45. The number of rotatable bonds is 6. The Morgan fingerprint density at radius 3 is 3.13 bits per heavy atom. The Morgan fingerprint density at radius 2 is 2.35 bits per heavy atom. The standard InChI is InChI=1S/C16H24N6O/c1-2-15-18-7-10-22(15)14-5-3-8-20(11-14)16(23)6-4-9-21-13-17-12-19-21/h7,10,12-14H,2-6,8-9,11H2,1H3/t14-/m1/s1. The van der Waals surface area contributed by atoms with E-state index < -0.39 is 0 Å². The number of nitrogens with zero attached hydrogens (tertiary/aromatic N) is 6. The zero-order valence-electron chi connectivity index (χ0n) is 13.6. The lowest BCUT2D eigenvalue weighted by molar-refractivity contribution is -0.133. The van der Waals surface area contributed by atoms with Gasteiger partial charge in [0.25, 0.3) is 0 Å². The van der Waals surface area contributed by atoms with Crippen LogP contribution in [-0.2, 0) is 17.8 Å². The molecule has 0 aromatic carbocycles. The van der Waals surface area contributed by atoms with Crippen LogP contribution < -0.4 is 0 Å². The number of likely N-dealkylation sites (tertiary alicyclic amines) is 1. The van der Waals surface area contributed by atoms with Gasteiger partial charge in [0.1, 0.15) is 18.5 Å². The highest BCUT2D eigenvalue weighted by atomic mass is 16.2. The molecule has 1 aliphatic rings. The molecule has 2 aromatic heterocycles. The molecule has 124 valence electrons. The maximum Gasteiger partial charge on any atom is 0.222 e. The van der Waals surface area contributed by atoms with Crippen molar-refractivity contribution in [3.8, 4) is 0 Å². The van der Waals surface area contributed by atoms with Crippen molar-refractivity contribution in [3.63, 3.8) is 0 Å². The fraction of sp³-hybridized carbons (Fsp3) is 0.625. The summed E-state index contributed by atoms with van der Waals surface area (Å²) in [6.07, 6.45) is 11.6. The summed E-state index contributed by atoms with van der Waals surface area (Å²) in [4.78, 5) is 22.8. The summed E-state index contributed by atoms with van der Waals surface area (Å²) in [6.45, 7) is 4.53. The average Bonchev–Trinajstić information content (AvgIpc) is 3.26. The van der Waals surface area contributed by atoms with Crippen LogP contribution in [0.4, 0.5) is 0 Å². The first-order chi connectivity index (χ1) is 11.3. The molecule has 1 fully saturated rings. The molecule has 3 heterocycles. The minimum absolute atomic E-state index is 0.243. The van der Waals surface area contributed by atoms with E-state index in [9.17, 15) is 4.79 Å². The number of carbonyl (C=O) groups excluding carboxylic acids is 1. The Bertz CT molecular complexity index is 620. The van der Waals surface area contributed by atoms with Crippen molar-refractivity contribution in [1.82, 2.24) is 29.2 Å². The number of piperidine rings is 1. The van der Waals surface area contributed by atoms with Crippen LogP contribution in [0.5, 0.6) is 0 Å². The van der Waals surface area contributed by atoms with E-state index in [1.54, 1.807) is 11.0 Å². The van der Waals surface area contributed by atoms with Gasteiger partial charge in [0, 0.05) is 44.9 Å². The monoisotopic (exact) mass is 316 g/mol. The summed E-state index contributed by atoms with van der Waals surface area (Å²) in [5, 5.41) is 4.06. The first kappa shape index (κ1) is 15.7. The molecule has 23 heavy (non-hydrogen) atoms. The van der Waals surface area contributed by atoms with Gasteiger partial charge in [0.05, 0.1) is 6.04 Å². The van der Waals surface area contributed by atoms with Crippen molar-refractivity contribution in [2.45, 2.75) is 51.6 Å². The molecule has 3 rings (SSSR count). The quantitative estimate of drug-likeness (QED) is 0.813. The second-order valence-corrected chi connectivity index (χ2v) is 6.00. The summed E-state index contributed by atoms with van der Waals surface area (Å²) < 4.78 is 4.01. The van der Waals surface area contributed by atoms with Gasteiger partial charge in [-0.1, -0.05) is 6.92 Å². The van der Waals surface area contributed by atoms with Crippen LogP contribution >= 0.6 is 0 Å². The maximum absolute atomic E-state index is 12.5. The molecule has 0 bridgehead atoms. The first-order valence-electron chi connectivity index (χ1n) is 8.40. The van der Waals surface area contributed by atoms with Crippen molar-refractivity contribution in [2.24, 2.45) is 0 Å². The molecule has 1 atom stereocenters. The molecule has 2 aromatic rings. The molecule has 0 saturated carbocycles. The smallest absolute Gasteiger partial charge is 0.222 e. The van der Waals surface area contributed by atoms with Gasteiger partial charge in [0.15, 0.2) is 0 Å². The van der Waals surface area contributed by atoms with E-state index >= 15 is 0 Å². The van der Waals surface area contributed by atoms with Crippen LogP contribution in [0.25, 0.3) is 0 Å². The van der Waals surface area contributed by atoms with Gasteiger partial charge in [-0.2, -0.15) is 5.10 Å². The van der Waals surface area contributed by atoms with Gasteiger partial charge < -0.3 is 9.47 Å². The maximum atomic E-state index is 12.5. The van der Waals surface area contributed by atoms with Gasteiger partial charge >= 0.3 is 0 Å². The van der Waals surface area contributed by atoms with Crippen LogP contribution in [0.3, 0.4) is 0 Å². The van der Waals surface area contributed by atoms with E-state index in [4.69, 9.17) is 0 Å². The molecular formula is C16H24N6O. The van der Waals surface area contributed by atoms with Crippen LogP contribution in [0.1, 0.15) is 44.5 Å². The van der Waals surface area contributed by atoms with Crippen LogP contribution in [0.2, 0.25) is 0 Å². The summed E-state index contributed by atoms with van der Waals surface area (Å²) >= 11 is 0. The zero-order valence-corrected chi connectivity index (χ0v) is 13.6. The van der Waals surface area contributed by atoms with E-state index in [1.165, 1.54) is 6.33 Å². The largest absolute Gasteiger partial charge is 0.341 e. The second kappa shape index (κ2) is 7.39. The third kappa shape index (κ3) is 3.78. The van der Waals surface area contributed by atoms with E-state index in [2.05, 4.69) is 26.6 Å². The van der Waals surface area contributed by atoms with Gasteiger partial charge in [-0.15, -0.1) is 0 Å². The predicted octanol–water partition coefficient (Wildman–Crippen LogP) is 1.68. The summed E-state index contributed by atoms with van der Waals surface area (Å²) in [5.41, 5.74) is 0. The molecule has 0 N–H and O–H groups in total. The Labute approximate surface area is 136 Å². The highest BCUT2D eigenvalue weighted by molar-refractivity contribution is 5.76. The van der Waals surface area contributed by atoms with Crippen molar-refractivity contribution < 1.29 is 4.79 Å². The number of amides is 1. The predicted molar refractivity (Wildman–Crippen MR) is 85.7 cm³/mol. The molecular weight excluding hydrogens is 292 g/mol. The van der Waals surface area contributed by atoms with Crippen molar-refractivity contribution in [2.75, 3.05) is 13.1 Å². The first-order valence-corrected chi connectivity index (χ1v) is 8.40. The summed E-state index contributed by atoms with van der Waals surface area (Å²) in [7, 11) is 0. The normalized spacial score (nSPS) is 18.3. The van der Waals surface area contributed by atoms with E-state index in [0.29, 0.717) is 12.5 Å². The fourth-order valence-electron chi connectivity index (χ4n) is 3.26. The molecule has 0 unspecified atom stereocenters. The van der Waals surface area contributed by atoms with Crippen LogP contribution in [-0.4, -0.2) is 48.2 Å². The SMILES string of the molecule is CCc1nccn1[C@@H]1CCCN(C(=O)CCCn2cncn2)C1. The number of aromatic nitrogens is 5. The zero-order chi connectivity index (χ0) is 16.1. The highest BCUT2D eigenvalue weighted by Gasteiger charge is 2.25. The minimum Gasteiger partial charge on any atom is -0.341 e. The van der Waals surface area contributed by atoms with Crippen LogP contribution in [0, 0.1) is 0 Å². The number of hydrogen-bond donors (Lipinski definition) is 0. The number of imidazole rings is 1. The molecule has 7 heteroatoms. The van der Waals surface area contributed by atoms with Gasteiger partial charge in [-0.25, -0.2) is 9.97 Å². The van der Waals surface area contributed by atoms with Crippen molar-refractivity contribution in [3.05, 3.63) is 30.9 Å². The van der Waals surface area contributed by atoms with Gasteiger partial charge in [0.2, 0.25) is 5.91 Å². The fourth-order valence-corrected chi connectivity index (χ4v) is 3.26. The van der Waals surface area contributed by atoms with Crippen molar-refractivity contribution in [1.29, 1.82) is 0 Å². The number of carbonyl (C=O) groups is 1. The lowest BCUT2D eigenvalue weighted by Crippen LogP contribution is -2.40. The van der Waals surface area contributed by atoms with Gasteiger partial charge in [-0.05, 0) is 19.3 Å². The third-order valence-electron chi connectivity index (χ3n) is 4.45. The summed E-state index contributed by atoms with van der Waals surface area (Å²) in [6, 6.07) is 0.362. The number of hydrogen-bond acceptors (Lipinski definition) is 4. The van der Waals surface area contributed by atoms with Crippen LogP contribution in [0.15, 0.2) is 25.0 Å². The molecule has 1 saturated heterocycles. The number of aryl methyl sites for hydroxylation is 2. The van der Waals surface area contributed by atoms with Crippen molar-refractivity contribution >= 4 is 5.91 Å². The molecule has 0 aliphatic carbocycles. The Kier molecular flexibility index (Phi) is 5.05. The Balaban J connectivity index is 1.52. The molecule has 0 radical (unpaired) electrons. The Morgan fingerprint density at radius 1 is 1.43 bits per heavy atom. The molecule has 1 aliphatic heterocycles. The molecule has 7 nitrogen and oxygen atoms in total. The van der Waals surface area contributed by atoms with E-state index in [1.807, 2.05) is 17.3 Å². The van der Waals surface area contributed by atoms with E-state index in [-0.39, 0.29) is 5.91 Å². The lowest BCUT2D eigenvalue weighted by Gasteiger charge is -2.34. The lowest BCUT2D eigenvalue weighted by atomic mass is 10.0. The molecule has 0 spiro atoms. The molecule has 1 amide bonds. The topological polar surface area (TPSA) is 68.8 Å². The minimum atomic E-state index is 0.243. The average molecular weight is 316 g/mol. The summed E-state index contributed by atoms with van der Waals surface area (Å²) in [5.74, 6) is 1.35.